The molecular weight excluding hydrogens is 100 g/mol. The molecule has 0 aliphatic heterocycles. The molecule has 0 aromatic heterocycles. The third-order valence-corrected chi connectivity index (χ3v) is 1.81. The molecule has 0 heterocycles. The first kappa shape index (κ1) is 3.88. The largest absolute Gasteiger partial charge is 0.0976 e. The standard InChI is InChI=1S/C3H8S2/c1-3-5-4-2/h3H2,1-2H3/i1D. The zero-order valence-electron chi connectivity index (χ0n) is 4.23. The van der Waals surface area contributed by atoms with Crippen LogP contribution >= 0.6 is 21.6 Å². The van der Waals surface area contributed by atoms with Crippen molar-refractivity contribution >= 4 is 21.6 Å². The minimum atomic E-state index is 0.547. The molecule has 0 aromatic carbocycles. The lowest BCUT2D eigenvalue weighted by Gasteiger charge is -1.79. The molecule has 0 unspecified atom stereocenters. The summed E-state index contributed by atoms with van der Waals surface area (Å²) < 4.78 is 6.67. The molecule has 5 heavy (non-hydrogen) atoms. The summed E-state index contributed by atoms with van der Waals surface area (Å²) in [7, 11) is 3.46. The van der Waals surface area contributed by atoms with Gasteiger partial charge in [-0.3, -0.25) is 0 Å². The first-order valence-electron chi connectivity index (χ1n) is 2.07. The van der Waals surface area contributed by atoms with Crippen LogP contribution in [-0.2, 0) is 0 Å². The van der Waals surface area contributed by atoms with Gasteiger partial charge in [0.05, 0.1) is 0 Å². The van der Waals surface area contributed by atoms with E-state index < -0.39 is 0 Å². The first-order valence-corrected chi connectivity index (χ1v) is 4.09. The van der Waals surface area contributed by atoms with Crippen molar-refractivity contribution in [2.45, 2.75) is 6.90 Å². The quantitative estimate of drug-likeness (QED) is 0.393. The predicted octanol–water partition coefficient (Wildman–Crippen LogP) is 2.02. The van der Waals surface area contributed by atoms with Crippen LogP contribution in [0.4, 0.5) is 0 Å². The molecule has 0 nitrogen and oxygen atoms in total. The molecule has 0 bridgehead atoms. The van der Waals surface area contributed by atoms with E-state index in [-0.39, 0.29) is 0 Å². The molecule has 0 rings (SSSR count). The van der Waals surface area contributed by atoms with E-state index in [9.17, 15) is 0 Å². The van der Waals surface area contributed by atoms with Crippen LogP contribution in [0.15, 0.2) is 0 Å². The lowest BCUT2D eigenvalue weighted by molar-refractivity contribution is 1.54. The molecule has 0 N–H and O–H groups in total. The fourth-order valence-corrected chi connectivity index (χ4v) is 0.750. The highest BCUT2D eigenvalue weighted by Crippen LogP contribution is 2.14. The molecule has 0 saturated carbocycles. The van der Waals surface area contributed by atoms with E-state index >= 15 is 0 Å². The van der Waals surface area contributed by atoms with Gasteiger partial charge in [-0.2, -0.15) is 0 Å². The molecule has 0 aromatic rings. The van der Waals surface area contributed by atoms with Crippen LogP contribution in [0, 0.1) is 0 Å². The van der Waals surface area contributed by atoms with E-state index in [1.807, 2.05) is 6.26 Å². The van der Waals surface area contributed by atoms with Gasteiger partial charge < -0.3 is 0 Å². The molecule has 32 valence electrons. The van der Waals surface area contributed by atoms with Gasteiger partial charge >= 0.3 is 0 Å². The molecule has 0 atom stereocenters. The highest BCUT2D eigenvalue weighted by atomic mass is 33.1. The predicted molar refractivity (Wildman–Crippen MR) is 31.6 cm³/mol. The van der Waals surface area contributed by atoms with E-state index in [4.69, 9.17) is 1.37 Å². The van der Waals surface area contributed by atoms with Gasteiger partial charge in [-0.05, 0) is 6.26 Å². The number of hydrogen-bond acceptors (Lipinski definition) is 2. The Balaban J connectivity index is 2.34. The van der Waals surface area contributed by atoms with Crippen molar-refractivity contribution < 1.29 is 1.37 Å². The summed E-state index contributed by atoms with van der Waals surface area (Å²) in [6.07, 6.45) is 2.03. The van der Waals surface area contributed by atoms with Crippen LogP contribution in [0.1, 0.15) is 8.27 Å². The second-order valence-corrected chi connectivity index (χ2v) is 3.17. The van der Waals surface area contributed by atoms with Gasteiger partial charge in [-0.1, -0.05) is 28.5 Å². The van der Waals surface area contributed by atoms with E-state index in [0.717, 1.165) is 5.75 Å². The molecular formula is C3H8S2. The molecule has 0 aliphatic carbocycles. The Bertz CT molecular complexity index is 20.8. The van der Waals surface area contributed by atoms with Gasteiger partial charge in [-0.15, -0.1) is 0 Å². The van der Waals surface area contributed by atoms with Gasteiger partial charge in [0.1, 0.15) is 0 Å². The van der Waals surface area contributed by atoms with Crippen LogP contribution in [0.2, 0.25) is 0 Å². The van der Waals surface area contributed by atoms with E-state index in [1.54, 1.807) is 21.6 Å². The molecule has 2 heteroatoms. The summed E-state index contributed by atoms with van der Waals surface area (Å²) in [5.74, 6) is 0.959. The van der Waals surface area contributed by atoms with E-state index in [2.05, 4.69) is 0 Å². The van der Waals surface area contributed by atoms with Crippen LogP contribution in [0.25, 0.3) is 0 Å². The third kappa shape index (κ3) is 4.70. The van der Waals surface area contributed by atoms with Crippen LogP contribution in [0.3, 0.4) is 0 Å². The van der Waals surface area contributed by atoms with Crippen LogP contribution in [0.5, 0.6) is 0 Å². The lowest BCUT2D eigenvalue weighted by Crippen LogP contribution is -1.51. The summed E-state index contributed by atoms with van der Waals surface area (Å²) in [4.78, 5) is 0. The maximum Gasteiger partial charge on any atom is 0.0239 e. The monoisotopic (exact) mass is 109 g/mol. The Kier molecular flexibility index (Phi) is 3.64. The minimum Gasteiger partial charge on any atom is -0.0976 e. The topological polar surface area (TPSA) is 0 Å². The van der Waals surface area contributed by atoms with E-state index in [1.165, 1.54) is 0 Å². The van der Waals surface area contributed by atoms with Crippen molar-refractivity contribution in [3.05, 3.63) is 0 Å². The van der Waals surface area contributed by atoms with Crippen molar-refractivity contribution in [3.8, 4) is 0 Å². The summed E-state index contributed by atoms with van der Waals surface area (Å²) in [6.45, 7) is 0.547. The zero-order chi connectivity index (χ0) is 4.83. The SMILES string of the molecule is [2H]CCSSC. The Labute approximate surface area is 42.5 Å². The fraction of sp³-hybridized carbons (Fsp3) is 1.00. The molecule has 0 radical (unpaired) electrons. The highest BCUT2D eigenvalue weighted by molar-refractivity contribution is 8.76. The smallest absolute Gasteiger partial charge is 0.0239 e. The Hall–Kier alpha value is 0.700. The summed E-state index contributed by atoms with van der Waals surface area (Å²) in [5.41, 5.74) is 0. The van der Waals surface area contributed by atoms with E-state index in [0.29, 0.717) is 6.90 Å². The van der Waals surface area contributed by atoms with Crippen molar-refractivity contribution in [2.75, 3.05) is 12.0 Å². The molecule has 0 spiro atoms. The van der Waals surface area contributed by atoms with Crippen LogP contribution < -0.4 is 0 Å². The van der Waals surface area contributed by atoms with Crippen molar-refractivity contribution in [1.82, 2.24) is 0 Å². The Morgan fingerprint density at radius 3 is 3.00 bits per heavy atom. The van der Waals surface area contributed by atoms with Gasteiger partial charge in [0.2, 0.25) is 0 Å². The number of rotatable bonds is 2. The molecule has 0 aliphatic rings. The van der Waals surface area contributed by atoms with Crippen LogP contribution in [-0.4, -0.2) is 12.0 Å². The zero-order valence-corrected chi connectivity index (χ0v) is 4.86. The maximum absolute atomic E-state index is 6.67. The average molecular weight is 109 g/mol. The first-order chi connectivity index (χ1) is 2.91. The summed E-state index contributed by atoms with van der Waals surface area (Å²) in [6, 6.07) is 0. The molecule has 0 amide bonds. The van der Waals surface area contributed by atoms with Gasteiger partial charge in [0, 0.05) is 7.12 Å². The second-order valence-electron chi connectivity index (χ2n) is 0.489. The third-order valence-electron chi connectivity index (χ3n) is 0.201. The second kappa shape index (κ2) is 4.70. The van der Waals surface area contributed by atoms with Crippen molar-refractivity contribution in [2.24, 2.45) is 0 Å². The Morgan fingerprint density at radius 2 is 2.80 bits per heavy atom. The molecule has 0 fully saturated rings. The van der Waals surface area contributed by atoms with Gasteiger partial charge in [0.25, 0.3) is 0 Å². The highest BCUT2D eigenvalue weighted by Gasteiger charge is 1.67. The van der Waals surface area contributed by atoms with Gasteiger partial charge in [0.15, 0.2) is 0 Å². The normalized spacial score (nSPS) is 11.0. The lowest BCUT2D eigenvalue weighted by atomic mass is 11.0. The fourth-order valence-electron chi connectivity index (χ4n) is 0.0833. The molecule has 0 saturated heterocycles. The van der Waals surface area contributed by atoms with Crippen molar-refractivity contribution in [3.63, 3.8) is 0 Å². The average Bonchev–Trinajstić information content (AvgIpc) is 1.61. The maximum atomic E-state index is 6.67. The van der Waals surface area contributed by atoms with Gasteiger partial charge in [-0.25, -0.2) is 0 Å². The van der Waals surface area contributed by atoms with Crippen molar-refractivity contribution in [1.29, 1.82) is 0 Å². The minimum absolute atomic E-state index is 0.547. The number of hydrogen-bond donors (Lipinski definition) is 0. The Morgan fingerprint density at radius 1 is 2.00 bits per heavy atom. The summed E-state index contributed by atoms with van der Waals surface area (Å²) >= 11 is 0. The summed E-state index contributed by atoms with van der Waals surface area (Å²) in [5, 5.41) is 0.